The number of carbonyl (C=O) groups is 18. The average molecular weight is 1800 g/mol. The number of para-hydroxylation sites is 3. The van der Waals surface area contributed by atoms with Gasteiger partial charge in [0, 0.05) is 83.5 Å². The van der Waals surface area contributed by atoms with Gasteiger partial charge in [0.15, 0.2) is 5.96 Å². The number of guanidine groups is 1. The van der Waals surface area contributed by atoms with E-state index in [0.717, 1.165) is 0 Å². The van der Waals surface area contributed by atoms with Crippen LogP contribution in [0.1, 0.15) is 69.6 Å². The normalized spacial score (nSPS) is 14.2. The van der Waals surface area contributed by atoms with Crippen LogP contribution in [0.15, 0.2) is 91.4 Å². The van der Waals surface area contributed by atoms with Crippen LogP contribution in [0.3, 0.4) is 0 Å². The molecule has 6 rings (SSSR count). The summed E-state index contributed by atoms with van der Waals surface area (Å²) in [6.45, 7) is -5.18. The van der Waals surface area contributed by atoms with Crippen molar-refractivity contribution in [3.63, 3.8) is 0 Å². The summed E-state index contributed by atoms with van der Waals surface area (Å²) >= 11 is 0. The lowest BCUT2D eigenvalue weighted by atomic mass is 10.0. The first-order valence-corrected chi connectivity index (χ1v) is 40.2. The summed E-state index contributed by atoms with van der Waals surface area (Å²) < 4.78 is 0. The van der Waals surface area contributed by atoms with Crippen molar-refractivity contribution >= 4 is 145 Å². The monoisotopic (exact) mass is 1800 g/mol. The van der Waals surface area contributed by atoms with Crippen LogP contribution in [0.25, 0.3) is 32.7 Å². The van der Waals surface area contributed by atoms with E-state index in [1.807, 2.05) is 16.0 Å². The number of nitrogens with two attached hydrogens (primary N) is 2. The number of aliphatic carboxylic acids is 2. The zero-order chi connectivity index (χ0) is 94.4. The third-order valence-electron chi connectivity index (χ3n) is 19.5. The molecule has 0 saturated carbocycles. The second-order valence-electron chi connectivity index (χ2n) is 29.8. The fourth-order valence-corrected chi connectivity index (χ4v) is 12.8. The van der Waals surface area contributed by atoms with Gasteiger partial charge < -0.3 is 158 Å². The molecule has 6 aromatic rings. The lowest BCUT2D eigenvalue weighted by molar-refractivity contribution is -0.143. The molecular weight excluding hydrogens is 1690 g/mol. The molecule has 0 saturated heterocycles. The second-order valence-corrected chi connectivity index (χ2v) is 29.8. The Morgan fingerprint density at radius 2 is 0.680 bits per heavy atom. The number of aromatic amines is 3. The third kappa shape index (κ3) is 32.7. The number of aliphatic hydroxyl groups excluding tert-OH is 6. The van der Waals surface area contributed by atoms with Gasteiger partial charge in [0.2, 0.25) is 94.5 Å². The molecule has 49 heteroatoms. The minimum atomic E-state index is -1.83. The van der Waals surface area contributed by atoms with Gasteiger partial charge in [0.25, 0.3) is 0 Å². The van der Waals surface area contributed by atoms with Crippen molar-refractivity contribution in [3.8, 4) is 0 Å². The number of carboxylic acids is 2. The molecule has 0 radical (unpaired) electrons. The molecule has 3 aromatic heterocycles. The van der Waals surface area contributed by atoms with Gasteiger partial charge in [-0.1, -0.05) is 68.4 Å². The van der Waals surface area contributed by atoms with Crippen LogP contribution in [0.5, 0.6) is 0 Å². The van der Waals surface area contributed by atoms with Crippen molar-refractivity contribution in [2.75, 3.05) is 72.3 Å². The van der Waals surface area contributed by atoms with Crippen LogP contribution in [0, 0.1) is 11.3 Å². The Morgan fingerprint density at radius 3 is 1.03 bits per heavy atom. The Bertz CT molecular complexity index is 4940. The average Bonchev–Trinajstić information content (AvgIpc) is 1.68. The minimum Gasteiger partial charge on any atom is -0.481 e. The van der Waals surface area contributed by atoms with Gasteiger partial charge in [0.05, 0.1) is 71.9 Å². The molecule has 33 N–H and O–H groups in total. The Labute approximate surface area is 728 Å². The lowest BCUT2D eigenvalue weighted by Gasteiger charge is -2.28. The topological polar surface area (TPSA) is 797 Å². The number of carbonyl (C=O) groups excluding carboxylic acids is 16. The maximum atomic E-state index is 15.2. The van der Waals surface area contributed by atoms with E-state index >= 15 is 9.59 Å². The van der Waals surface area contributed by atoms with E-state index in [1.165, 1.54) is 6.92 Å². The van der Waals surface area contributed by atoms with Crippen molar-refractivity contribution in [1.82, 2.24) is 105 Å². The number of fused-ring (bicyclic) bond motifs is 3. The molecule has 0 bridgehead atoms. The largest absolute Gasteiger partial charge is 0.481 e. The summed E-state index contributed by atoms with van der Waals surface area (Å²) in [4.78, 5) is 251. The van der Waals surface area contributed by atoms with Crippen LogP contribution in [-0.2, 0) is 106 Å². The molecule has 0 unspecified atom stereocenters. The molecule has 128 heavy (non-hydrogen) atoms. The van der Waals surface area contributed by atoms with Crippen LogP contribution in [-0.4, -0.2) is 319 Å². The van der Waals surface area contributed by atoms with E-state index in [2.05, 4.69) is 89.4 Å². The number of amides is 16. The van der Waals surface area contributed by atoms with E-state index < -0.39 is 270 Å². The van der Waals surface area contributed by atoms with Crippen molar-refractivity contribution in [1.29, 1.82) is 5.41 Å². The zero-order valence-corrected chi connectivity index (χ0v) is 69.8. The van der Waals surface area contributed by atoms with Gasteiger partial charge in [-0.25, -0.2) is 4.79 Å². The van der Waals surface area contributed by atoms with E-state index in [-0.39, 0.29) is 51.0 Å². The van der Waals surface area contributed by atoms with E-state index in [0.29, 0.717) is 49.4 Å². The number of hydrogen-bond donors (Lipinski definition) is 31. The number of carboxylic acid groups (broad SMARTS) is 2. The molecule has 0 aliphatic rings. The Kier molecular flexibility index (Phi) is 41.0. The predicted octanol–water partition coefficient (Wildman–Crippen LogP) is -11.0. The highest BCUT2D eigenvalue weighted by Gasteiger charge is 2.38. The van der Waals surface area contributed by atoms with Gasteiger partial charge >= 0.3 is 11.9 Å². The van der Waals surface area contributed by atoms with Crippen molar-refractivity contribution < 1.29 is 127 Å². The molecule has 0 fully saturated rings. The lowest BCUT2D eigenvalue weighted by Crippen LogP contribution is -2.61. The van der Waals surface area contributed by atoms with Crippen LogP contribution in [0.2, 0.25) is 0 Å². The van der Waals surface area contributed by atoms with Gasteiger partial charge in [-0.15, -0.1) is 0 Å². The van der Waals surface area contributed by atoms with E-state index in [4.69, 9.17) is 27.1 Å². The smallest absolute Gasteiger partial charge is 0.328 e. The van der Waals surface area contributed by atoms with Crippen LogP contribution >= 0.6 is 0 Å². The van der Waals surface area contributed by atoms with Crippen LogP contribution in [0.4, 0.5) is 0 Å². The Morgan fingerprint density at radius 1 is 0.367 bits per heavy atom. The fourth-order valence-electron chi connectivity index (χ4n) is 12.8. The third-order valence-corrected chi connectivity index (χ3v) is 19.5. The summed E-state index contributed by atoms with van der Waals surface area (Å²) in [7, 11) is 0. The summed E-state index contributed by atoms with van der Waals surface area (Å²) in [5.74, 6) is -21.2. The summed E-state index contributed by atoms with van der Waals surface area (Å²) in [5, 5.41) is 127. The molecule has 3 heterocycles. The molecule has 0 spiro atoms. The van der Waals surface area contributed by atoms with E-state index in [1.54, 1.807) is 105 Å². The number of hydrogen-bond acceptors (Lipinski definition) is 26. The first-order valence-electron chi connectivity index (χ1n) is 40.2. The summed E-state index contributed by atoms with van der Waals surface area (Å²) in [5.41, 5.74) is 14.6. The van der Waals surface area contributed by atoms with E-state index in [9.17, 15) is 107 Å². The Hall–Kier alpha value is -14.3. The number of aliphatic hydroxyl groups is 6. The molecule has 16 amide bonds. The maximum Gasteiger partial charge on any atom is 0.328 e. The van der Waals surface area contributed by atoms with Gasteiger partial charge in [0.1, 0.15) is 72.5 Å². The van der Waals surface area contributed by atoms with Crippen molar-refractivity contribution in [3.05, 3.63) is 108 Å². The highest BCUT2D eigenvalue weighted by molar-refractivity contribution is 6.01. The SMILES string of the molecule is CC(C)C[C@H](NC(=O)[C@@H](NC(=O)[C@H](Cc1c[nH]c2ccccc12)NC(=O)[C@@H](N)CO)[C@@H](C)O)C(=O)NCC(=O)N[C@@H](CCC(=O)O)C(=O)N[C@@H](CCCNC(=N)N)C(=O)N[C@@H](Cc1c[nH]c2ccccc12)C(=O)N[C@@H](Cc1c[nH]c2ccccc12)C(=O)NCC(=O)N[C@@H](CO)C(=O)NCC(=O)N[C@@H](CO)C(=O)NCC(=O)N[C@@H](CO)C(=O)NCC(=O)N[C@@H](CO)C(=O)O. The molecular formula is C79H109N23O26. The fraction of sp³-hybridized carbons (Fsp3) is 0.456. The quantitative estimate of drug-likeness (QED) is 0.00958. The van der Waals surface area contributed by atoms with Gasteiger partial charge in [-0.2, -0.15) is 0 Å². The van der Waals surface area contributed by atoms with Crippen molar-refractivity contribution in [2.45, 2.75) is 151 Å². The van der Waals surface area contributed by atoms with Crippen molar-refractivity contribution in [2.24, 2.45) is 17.4 Å². The second kappa shape index (κ2) is 51.2. The number of rotatable bonds is 54. The first kappa shape index (κ1) is 103. The van der Waals surface area contributed by atoms with Gasteiger partial charge in [-0.3, -0.25) is 86.9 Å². The zero-order valence-electron chi connectivity index (χ0n) is 69.8. The minimum absolute atomic E-state index is 0.0479. The number of benzene rings is 3. The first-order chi connectivity index (χ1) is 60.9. The van der Waals surface area contributed by atoms with Crippen LogP contribution < -0.4 is 102 Å². The predicted molar refractivity (Wildman–Crippen MR) is 450 cm³/mol. The number of aromatic nitrogens is 3. The molecule has 0 aliphatic carbocycles. The summed E-state index contributed by atoms with van der Waals surface area (Å²) in [6.07, 6.45) is 0.338. The Balaban J connectivity index is 1.14. The standard InChI is InChI=1S/C79H109N23O26/c1-38(2)21-52(101-77(126)66(39(3)108)102-76(125)55(98-67(116)46(80)33-103)24-42-27-86-49-16-9-6-13-45(42)49)68(117)87-28-60(109)92-51(18-19-65(114)115)74(123)97-50(17-10-20-83-79(81)82)73(122)100-54(23-41-26-85-48-15-8-5-12-44(41)48)75(124)99-53(22-40-25-84-47-14-7-4-11-43(40)47)69(118)88-29-61(110)93-56(34-104)70(119)89-30-62(111)94-57(35-105)71(120)90-31-63(112)95-58(36-106)72(121)91-32-64(113)96-59(37-107)78(127)128/h4-9,11-16,25-27,38-39,46,50-59,66,84-86,103-108H,10,17-24,28-37,80H2,1-3H3,(H,87,117)(H,88,118)(H,89,119)(H,90,120)(H,91,121)(H,92,109)(H,93,110)(H,94,111)(H,95,112)(H,96,113)(H,97,123)(H,98,116)(H,99,124)(H,100,122)(H,101,126)(H,102,125)(H,114,115)(H,127,128)(H4,81,82,83)/t39-,46+,50+,51+,52+,53+,54+,55+,56+,57+,58+,59+,66+/m1/s1. The molecule has 696 valence electrons. The highest BCUT2D eigenvalue weighted by Crippen LogP contribution is 2.23. The highest BCUT2D eigenvalue weighted by atomic mass is 16.4. The number of H-pyrrole nitrogens is 3. The summed E-state index contributed by atoms with van der Waals surface area (Å²) in [6, 6.07) is 0.692. The molecule has 13 atom stereocenters. The van der Waals surface area contributed by atoms with Gasteiger partial charge in [-0.05, 0) is 73.4 Å². The molecule has 49 nitrogen and oxygen atoms in total. The molecule has 0 aliphatic heterocycles. The molecule has 3 aromatic carbocycles. The maximum absolute atomic E-state index is 15.2. The number of nitrogens with one attached hydrogen (secondary N) is 21.